The van der Waals surface area contributed by atoms with Gasteiger partial charge in [-0.05, 0) is 67.9 Å². The Kier molecular flexibility index (Phi) is 5.03. The van der Waals surface area contributed by atoms with Crippen LogP contribution < -0.4 is 4.90 Å². The van der Waals surface area contributed by atoms with E-state index < -0.39 is 6.17 Å². The van der Waals surface area contributed by atoms with Gasteiger partial charge in [0.05, 0.1) is 11.7 Å². The number of amides is 1. The van der Waals surface area contributed by atoms with Crippen LogP contribution in [0.15, 0.2) is 34.7 Å². The number of hydrogen-bond donors (Lipinski definition) is 1. The van der Waals surface area contributed by atoms with Crippen LogP contribution in [-0.2, 0) is 0 Å². The van der Waals surface area contributed by atoms with Crippen LogP contribution in [0.2, 0.25) is 0 Å². The second-order valence-electron chi connectivity index (χ2n) is 9.29. The van der Waals surface area contributed by atoms with Crippen LogP contribution in [0.3, 0.4) is 0 Å². The van der Waals surface area contributed by atoms with Gasteiger partial charge in [0.1, 0.15) is 17.5 Å². The summed E-state index contributed by atoms with van der Waals surface area (Å²) < 4.78 is 20.7. The van der Waals surface area contributed by atoms with Crippen molar-refractivity contribution in [2.45, 2.75) is 37.9 Å². The van der Waals surface area contributed by atoms with Gasteiger partial charge in [0.25, 0.3) is 5.91 Å². The maximum Gasteiger partial charge on any atom is 0.289 e. The number of fused-ring (bicyclic) bond motifs is 3. The van der Waals surface area contributed by atoms with E-state index in [-0.39, 0.29) is 29.4 Å². The number of benzene rings is 1. The van der Waals surface area contributed by atoms with Crippen molar-refractivity contribution in [3.8, 4) is 17.0 Å². The van der Waals surface area contributed by atoms with Crippen LogP contribution in [0.25, 0.3) is 22.2 Å². The molecule has 1 amide bonds. The summed E-state index contributed by atoms with van der Waals surface area (Å²) in [6, 6.07) is 8.20. The Morgan fingerprint density at radius 1 is 1.12 bits per heavy atom. The molecule has 5 rings (SSSR count). The molecule has 2 fully saturated rings. The number of phenols is 1. The Hall–Kier alpha value is -3.16. The van der Waals surface area contributed by atoms with Gasteiger partial charge in [0.15, 0.2) is 11.6 Å². The van der Waals surface area contributed by atoms with E-state index in [1.54, 1.807) is 44.4 Å². The van der Waals surface area contributed by atoms with Gasteiger partial charge in [-0.3, -0.25) is 4.79 Å². The Balaban J connectivity index is 1.41. The zero-order valence-corrected chi connectivity index (χ0v) is 18.5. The van der Waals surface area contributed by atoms with Crippen LogP contribution in [0, 0.1) is 11.8 Å². The Labute approximate surface area is 185 Å². The van der Waals surface area contributed by atoms with E-state index in [1.807, 2.05) is 11.9 Å². The minimum atomic E-state index is -0.843. The molecule has 3 aromatic rings. The molecule has 7 nitrogen and oxygen atoms in total. The number of alkyl halides is 1. The van der Waals surface area contributed by atoms with Gasteiger partial charge < -0.3 is 19.3 Å². The number of anilines is 1. The maximum atomic E-state index is 15.0. The molecule has 2 heterocycles. The summed E-state index contributed by atoms with van der Waals surface area (Å²) in [6.45, 7) is 0. The Morgan fingerprint density at radius 2 is 1.94 bits per heavy atom. The topological polar surface area (TPSA) is 82.7 Å². The average molecular weight is 439 g/mol. The lowest BCUT2D eigenvalue weighted by Gasteiger charge is -2.38. The first kappa shape index (κ1) is 20.7. The number of carbonyl (C=O) groups is 1. The van der Waals surface area contributed by atoms with Crippen molar-refractivity contribution in [1.82, 2.24) is 15.1 Å². The van der Waals surface area contributed by atoms with Crippen molar-refractivity contribution in [3.63, 3.8) is 0 Å². The molecule has 0 aliphatic heterocycles. The van der Waals surface area contributed by atoms with Crippen molar-refractivity contribution in [2.24, 2.45) is 11.8 Å². The van der Waals surface area contributed by atoms with Crippen molar-refractivity contribution in [1.29, 1.82) is 0 Å². The third kappa shape index (κ3) is 3.47. The molecule has 2 aliphatic carbocycles. The summed E-state index contributed by atoms with van der Waals surface area (Å²) in [4.78, 5) is 15.5. The maximum absolute atomic E-state index is 15.0. The van der Waals surface area contributed by atoms with Crippen molar-refractivity contribution in [2.75, 3.05) is 26.0 Å². The molecular weight excluding hydrogens is 411 g/mol. The van der Waals surface area contributed by atoms with E-state index in [0.29, 0.717) is 34.0 Å². The van der Waals surface area contributed by atoms with E-state index in [1.165, 1.54) is 4.90 Å². The smallest absolute Gasteiger partial charge is 0.289 e. The summed E-state index contributed by atoms with van der Waals surface area (Å²) in [5, 5.41) is 19.8. The predicted octanol–water partition coefficient (Wildman–Crippen LogP) is 4.26. The van der Waals surface area contributed by atoms with Gasteiger partial charge in [-0.15, -0.1) is 10.2 Å². The second kappa shape index (κ2) is 7.76. The van der Waals surface area contributed by atoms with Gasteiger partial charge in [-0.2, -0.15) is 0 Å². The molecule has 1 aromatic carbocycles. The molecule has 0 spiro atoms. The molecule has 0 radical (unpaired) electrons. The summed E-state index contributed by atoms with van der Waals surface area (Å²) in [5.74, 6) is 1.34. The Bertz CT molecular complexity index is 1160. The lowest BCUT2D eigenvalue weighted by Crippen LogP contribution is -2.46. The lowest BCUT2D eigenvalue weighted by molar-refractivity contribution is 0.0799. The number of aromatic hydroxyl groups is 1. The number of rotatable bonds is 4. The summed E-state index contributed by atoms with van der Waals surface area (Å²) in [7, 11) is 5.17. The molecule has 168 valence electrons. The van der Waals surface area contributed by atoms with Gasteiger partial charge in [-0.25, -0.2) is 4.39 Å². The number of halogens is 1. The fourth-order valence-corrected chi connectivity index (χ4v) is 5.21. The second-order valence-corrected chi connectivity index (χ2v) is 9.29. The summed E-state index contributed by atoms with van der Waals surface area (Å²) in [5.41, 5.74) is 1.40. The standard InChI is InChI=1S/C24H27FN4O3/c1-28(2)24(31)21-11-15-10-19(30)16(12-20(15)32-21)17-6-7-22(27-26-17)29(3)18-9-13-4-5-14(8-13)23(18)25/h6-7,10-14,18,23,30H,4-5,8-9H2,1-3H3/t13-,14+,18+,23-/m1/s1. The van der Waals surface area contributed by atoms with E-state index in [2.05, 4.69) is 10.2 Å². The molecule has 2 aromatic heterocycles. The number of hydrogen-bond acceptors (Lipinski definition) is 6. The third-order valence-corrected chi connectivity index (χ3v) is 7.01. The van der Waals surface area contributed by atoms with Crippen LogP contribution in [0.1, 0.15) is 36.2 Å². The van der Waals surface area contributed by atoms with Gasteiger partial charge >= 0.3 is 0 Å². The first-order valence-corrected chi connectivity index (χ1v) is 11.0. The van der Waals surface area contributed by atoms with E-state index >= 15 is 0 Å². The molecular formula is C24H27FN4O3. The van der Waals surface area contributed by atoms with Gasteiger partial charge in [0.2, 0.25) is 0 Å². The minimum Gasteiger partial charge on any atom is -0.507 e. The first-order valence-electron chi connectivity index (χ1n) is 11.0. The molecule has 1 N–H and O–H groups in total. The molecule has 8 heteroatoms. The molecule has 0 unspecified atom stereocenters. The normalized spacial score (nSPS) is 24.6. The number of furan rings is 1. The van der Waals surface area contributed by atoms with Crippen LogP contribution in [0.4, 0.5) is 10.2 Å². The lowest BCUT2D eigenvalue weighted by atomic mass is 9.83. The highest BCUT2D eigenvalue weighted by Gasteiger charge is 2.44. The van der Waals surface area contributed by atoms with Crippen LogP contribution in [0.5, 0.6) is 5.75 Å². The number of carbonyl (C=O) groups excluding carboxylic acids is 1. The zero-order chi connectivity index (χ0) is 22.6. The fourth-order valence-electron chi connectivity index (χ4n) is 5.21. The largest absolute Gasteiger partial charge is 0.507 e. The minimum absolute atomic E-state index is 0.0187. The monoisotopic (exact) mass is 438 g/mol. The highest BCUT2D eigenvalue weighted by molar-refractivity contribution is 5.97. The molecule has 0 saturated heterocycles. The summed E-state index contributed by atoms with van der Waals surface area (Å²) in [6.07, 6.45) is 3.12. The SMILES string of the molecule is CN(C)C(=O)c1cc2cc(O)c(-c3ccc(N(C)[C@H]4C[C@@H]5CC[C@@H](C5)[C@H]4F)nn3)cc2o1. The van der Waals surface area contributed by atoms with E-state index in [4.69, 9.17) is 4.42 Å². The quantitative estimate of drug-likeness (QED) is 0.655. The van der Waals surface area contributed by atoms with Crippen molar-refractivity contribution < 1.29 is 18.7 Å². The number of phenolic OH excluding ortho intramolecular Hbond substituents is 1. The highest BCUT2D eigenvalue weighted by Crippen LogP contribution is 2.45. The Morgan fingerprint density at radius 3 is 2.66 bits per heavy atom. The van der Waals surface area contributed by atoms with E-state index in [0.717, 1.165) is 25.7 Å². The zero-order valence-electron chi connectivity index (χ0n) is 18.5. The molecule has 2 aliphatic rings. The van der Waals surface area contributed by atoms with Gasteiger partial charge in [0, 0.05) is 32.1 Å². The molecule has 4 atom stereocenters. The number of aromatic nitrogens is 2. The van der Waals surface area contributed by atoms with Gasteiger partial charge in [-0.1, -0.05) is 0 Å². The van der Waals surface area contributed by atoms with E-state index in [9.17, 15) is 14.3 Å². The fraction of sp³-hybridized carbons (Fsp3) is 0.458. The summed E-state index contributed by atoms with van der Waals surface area (Å²) >= 11 is 0. The molecule has 2 bridgehead atoms. The number of nitrogens with zero attached hydrogens (tertiary/aromatic N) is 4. The predicted molar refractivity (Wildman–Crippen MR) is 119 cm³/mol. The van der Waals surface area contributed by atoms with Crippen LogP contribution >= 0.6 is 0 Å². The highest BCUT2D eigenvalue weighted by atomic mass is 19.1. The molecule has 2 saturated carbocycles. The van der Waals surface area contributed by atoms with Crippen LogP contribution in [-0.4, -0.2) is 59.5 Å². The average Bonchev–Trinajstić information content (AvgIpc) is 3.39. The third-order valence-electron chi connectivity index (χ3n) is 7.01. The molecule has 32 heavy (non-hydrogen) atoms. The first-order chi connectivity index (χ1) is 15.3. The van der Waals surface area contributed by atoms with Crippen molar-refractivity contribution in [3.05, 3.63) is 36.1 Å². The van der Waals surface area contributed by atoms with Crippen molar-refractivity contribution >= 4 is 22.7 Å².